The molecule has 0 aliphatic heterocycles. The minimum atomic E-state index is -0.483. The molecule has 0 atom stereocenters. The normalized spacial score (nSPS) is 10.7. The Labute approximate surface area is 149 Å². The van der Waals surface area contributed by atoms with E-state index in [0.717, 1.165) is 4.57 Å². The summed E-state index contributed by atoms with van der Waals surface area (Å²) in [5.74, 6) is -0.623. The van der Waals surface area contributed by atoms with Gasteiger partial charge in [0.25, 0.3) is 11.5 Å². The lowest BCUT2D eigenvalue weighted by Gasteiger charge is -2.05. The first kappa shape index (κ1) is 18.9. The van der Waals surface area contributed by atoms with Gasteiger partial charge in [0, 0.05) is 44.2 Å². The molecule has 0 bridgehead atoms. The summed E-state index contributed by atoms with van der Waals surface area (Å²) in [5.41, 5.74) is 0.304. The van der Waals surface area contributed by atoms with Crippen molar-refractivity contribution < 1.29 is 9.59 Å². The van der Waals surface area contributed by atoms with Crippen molar-refractivity contribution in [2.24, 2.45) is 14.1 Å². The molecule has 0 spiro atoms. The first-order valence-corrected chi connectivity index (χ1v) is 7.97. The summed E-state index contributed by atoms with van der Waals surface area (Å²) >= 11 is 0. The SMILES string of the molecule is CCNC(=O)c1ccc(NC(=O)C=Cc2cn(C)c(=O)n(C)c2=O)cc1. The molecule has 0 aliphatic carbocycles. The first-order valence-electron chi connectivity index (χ1n) is 7.97. The standard InChI is InChI=1S/C18H20N4O4/c1-4-19-16(24)12-5-8-14(9-6-12)20-15(23)10-7-13-11-21(2)18(26)22(3)17(13)25/h5-11H,4H2,1-3H3,(H,19,24)(H,20,23). The van der Waals surface area contributed by atoms with Gasteiger partial charge in [-0.1, -0.05) is 0 Å². The minimum Gasteiger partial charge on any atom is -0.352 e. The monoisotopic (exact) mass is 356 g/mol. The molecule has 1 aromatic carbocycles. The lowest BCUT2D eigenvalue weighted by atomic mass is 10.2. The number of nitrogens with one attached hydrogen (secondary N) is 2. The fraction of sp³-hybridized carbons (Fsp3) is 0.222. The number of anilines is 1. The zero-order chi connectivity index (χ0) is 19.3. The lowest BCUT2D eigenvalue weighted by molar-refractivity contribution is -0.111. The number of hydrogen-bond acceptors (Lipinski definition) is 4. The molecular weight excluding hydrogens is 336 g/mol. The van der Waals surface area contributed by atoms with Gasteiger partial charge in [-0.3, -0.25) is 19.0 Å². The maximum Gasteiger partial charge on any atom is 0.330 e. The van der Waals surface area contributed by atoms with Gasteiger partial charge in [0.1, 0.15) is 0 Å². The van der Waals surface area contributed by atoms with Gasteiger partial charge < -0.3 is 15.2 Å². The maximum atomic E-state index is 12.0. The van der Waals surface area contributed by atoms with Crippen molar-refractivity contribution >= 4 is 23.6 Å². The number of aryl methyl sites for hydroxylation is 1. The van der Waals surface area contributed by atoms with E-state index in [9.17, 15) is 19.2 Å². The predicted molar refractivity (Wildman–Crippen MR) is 99.0 cm³/mol. The Kier molecular flexibility index (Phi) is 5.90. The number of aromatic nitrogens is 2. The highest BCUT2D eigenvalue weighted by Crippen LogP contribution is 2.09. The van der Waals surface area contributed by atoms with Crippen molar-refractivity contribution in [2.75, 3.05) is 11.9 Å². The molecular formula is C18H20N4O4. The summed E-state index contributed by atoms with van der Waals surface area (Å²) in [7, 11) is 2.90. The van der Waals surface area contributed by atoms with Crippen molar-refractivity contribution in [3.8, 4) is 0 Å². The van der Waals surface area contributed by atoms with Crippen LogP contribution in [-0.2, 0) is 18.9 Å². The zero-order valence-electron chi connectivity index (χ0n) is 14.8. The van der Waals surface area contributed by atoms with Gasteiger partial charge in [-0.2, -0.15) is 0 Å². The van der Waals surface area contributed by atoms with Gasteiger partial charge in [0.2, 0.25) is 5.91 Å². The van der Waals surface area contributed by atoms with E-state index in [1.807, 2.05) is 6.92 Å². The molecule has 26 heavy (non-hydrogen) atoms. The van der Waals surface area contributed by atoms with Gasteiger partial charge in [0.15, 0.2) is 0 Å². The summed E-state index contributed by atoms with van der Waals surface area (Å²) in [6, 6.07) is 6.43. The van der Waals surface area contributed by atoms with E-state index >= 15 is 0 Å². The van der Waals surface area contributed by atoms with E-state index in [-0.39, 0.29) is 11.5 Å². The Morgan fingerprint density at radius 1 is 1.12 bits per heavy atom. The van der Waals surface area contributed by atoms with Crippen LogP contribution in [0.15, 0.2) is 46.1 Å². The lowest BCUT2D eigenvalue weighted by Crippen LogP contribution is -2.37. The fourth-order valence-corrected chi connectivity index (χ4v) is 2.27. The number of amides is 2. The van der Waals surface area contributed by atoms with Crippen LogP contribution >= 0.6 is 0 Å². The Morgan fingerprint density at radius 2 is 1.77 bits per heavy atom. The average Bonchev–Trinajstić information content (AvgIpc) is 2.62. The second-order valence-electron chi connectivity index (χ2n) is 5.60. The average molecular weight is 356 g/mol. The molecule has 2 amide bonds. The molecule has 0 radical (unpaired) electrons. The Bertz CT molecular complexity index is 968. The smallest absolute Gasteiger partial charge is 0.330 e. The summed E-state index contributed by atoms with van der Waals surface area (Å²) in [6.07, 6.45) is 3.93. The number of carbonyl (C=O) groups is 2. The van der Waals surface area contributed by atoms with Gasteiger partial charge in [0.05, 0.1) is 5.56 Å². The number of rotatable bonds is 5. The Morgan fingerprint density at radius 3 is 2.38 bits per heavy atom. The highest BCUT2D eigenvalue weighted by atomic mass is 16.2. The van der Waals surface area contributed by atoms with Crippen molar-refractivity contribution in [3.63, 3.8) is 0 Å². The Hall–Kier alpha value is -3.42. The van der Waals surface area contributed by atoms with Crippen LogP contribution in [0.1, 0.15) is 22.8 Å². The zero-order valence-corrected chi connectivity index (χ0v) is 14.8. The minimum absolute atomic E-state index is 0.184. The molecule has 1 heterocycles. The van der Waals surface area contributed by atoms with Crippen molar-refractivity contribution in [3.05, 3.63) is 68.5 Å². The van der Waals surface area contributed by atoms with E-state index in [0.29, 0.717) is 17.8 Å². The predicted octanol–water partition coefficient (Wildman–Crippen LogP) is 0.486. The van der Waals surface area contributed by atoms with E-state index in [1.165, 1.54) is 37.0 Å². The summed E-state index contributed by atoms with van der Waals surface area (Å²) in [4.78, 5) is 47.3. The van der Waals surface area contributed by atoms with Crippen LogP contribution in [-0.4, -0.2) is 27.5 Å². The third-order valence-corrected chi connectivity index (χ3v) is 3.64. The first-order chi connectivity index (χ1) is 12.3. The molecule has 0 saturated carbocycles. The van der Waals surface area contributed by atoms with E-state index in [1.54, 1.807) is 24.3 Å². The number of carbonyl (C=O) groups excluding carboxylic acids is 2. The molecule has 0 aliphatic rings. The fourth-order valence-electron chi connectivity index (χ4n) is 2.27. The highest BCUT2D eigenvalue weighted by Gasteiger charge is 2.06. The highest BCUT2D eigenvalue weighted by molar-refractivity contribution is 6.02. The molecule has 2 rings (SSSR count). The van der Waals surface area contributed by atoms with Crippen molar-refractivity contribution in [1.29, 1.82) is 0 Å². The van der Waals surface area contributed by atoms with Gasteiger partial charge in [-0.05, 0) is 37.3 Å². The Balaban J connectivity index is 2.10. The van der Waals surface area contributed by atoms with E-state index in [2.05, 4.69) is 10.6 Å². The van der Waals surface area contributed by atoms with Crippen molar-refractivity contribution in [2.45, 2.75) is 6.92 Å². The molecule has 1 aromatic heterocycles. The van der Waals surface area contributed by atoms with Gasteiger partial charge >= 0.3 is 5.69 Å². The van der Waals surface area contributed by atoms with Crippen LogP contribution in [0.25, 0.3) is 6.08 Å². The largest absolute Gasteiger partial charge is 0.352 e. The maximum absolute atomic E-state index is 12.0. The molecule has 2 N–H and O–H groups in total. The van der Waals surface area contributed by atoms with Gasteiger partial charge in [-0.15, -0.1) is 0 Å². The molecule has 2 aromatic rings. The number of benzene rings is 1. The van der Waals surface area contributed by atoms with Crippen LogP contribution in [0.2, 0.25) is 0 Å². The second kappa shape index (κ2) is 8.11. The van der Waals surface area contributed by atoms with Gasteiger partial charge in [-0.25, -0.2) is 4.79 Å². The molecule has 136 valence electrons. The van der Waals surface area contributed by atoms with Crippen molar-refractivity contribution in [1.82, 2.24) is 14.5 Å². The second-order valence-corrected chi connectivity index (χ2v) is 5.60. The number of hydrogen-bond donors (Lipinski definition) is 2. The molecule has 8 nitrogen and oxygen atoms in total. The third kappa shape index (κ3) is 4.35. The number of nitrogens with zero attached hydrogens (tertiary/aromatic N) is 2. The molecule has 0 saturated heterocycles. The van der Waals surface area contributed by atoms with Crippen LogP contribution in [0.4, 0.5) is 5.69 Å². The molecule has 0 fully saturated rings. The topological polar surface area (TPSA) is 102 Å². The third-order valence-electron chi connectivity index (χ3n) is 3.64. The summed E-state index contributed by atoms with van der Waals surface area (Å²) in [5, 5.41) is 5.32. The molecule has 8 heteroatoms. The van der Waals surface area contributed by atoms with Crippen LogP contribution in [0, 0.1) is 0 Å². The van der Waals surface area contributed by atoms with Crippen LogP contribution in [0.5, 0.6) is 0 Å². The quantitative estimate of drug-likeness (QED) is 0.761. The van der Waals surface area contributed by atoms with E-state index < -0.39 is 17.2 Å². The molecule has 0 unspecified atom stereocenters. The summed E-state index contributed by atoms with van der Waals surface area (Å²) < 4.78 is 2.23. The van der Waals surface area contributed by atoms with E-state index in [4.69, 9.17) is 0 Å². The van der Waals surface area contributed by atoms with Crippen LogP contribution in [0.3, 0.4) is 0 Å². The van der Waals surface area contributed by atoms with Crippen LogP contribution < -0.4 is 21.9 Å². The summed E-state index contributed by atoms with van der Waals surface area (Å²) in [6.45, 7) is 2.36.